The van der Waals surface area contributed by atoms with Gasteiger partial charge in [0.2, 0.25) is 0 Å². The van der Waals surface area contributed by atoms with Gasteiger partial charge in [-0.25, -0.2) is 0 Å². The van der Waals surface area contributed by atoms with Crippen LogP contribution >= 0.6 is 0 Å². The summed E-state index contributed by atoms with van der Waals surface area (Å²) in [6.07, 6.45) is 5.39. The number of rotatable bonds is 10. The first-order valence-electron chi connectivity index (χ1n) is 9.48. The molecule has 7 nitrogen and oxygen atoms in total. The summed E-state index contributed by atoms with van der Waals surface area (Å²) in [5.41, 5.74) is 2.30. The van der Waals surface area contributed by atoms with Crippen LogP contribution in [-0.4, -0.2) is 51.4 Å². The van der Waals surface area contributed by atoms with E-state index in [1.54, 1.807) is 20.5 Å². The summed E-state index contributed by atoms with van der Waals surface area (Å²) in [4.78, 5) is 7.87. The van der Waals surface area contributed by atoms with E-state index in [2.05, 4.69) is 26.7 Å². The zero-order valence-electron chi connectivity index (χ0n) is 16.5. The highest BCUT2D eigenvalue weighted by molar-refractivity contribution is 5.89. The van der Waals surface area contributed by atoms with Gasteiger partial charge < -0.3 is 29.5 Å². The fraction of sp³-hybridized carbons (Fsp3) is 0.381. The second-order valence-corrected chi connectivity index (χ2v) is 6.35. The average molecular weight is 384 g/mol. The minimum absolute atomic E-state index is 0.588. The minimum atomic E-state index is 0.588. The van der Waals surface area contributed by atoms with Gasteiger partial charge in [-0.05, 0) is 36.2 Å². The number of hydrogen-bond donors (Lipinski definition) is 3. The number of nitrogens with zero attached hydrogens (tertiary/aromatic N) is 1. The standard InChI is InChI=1S/C21H28N4O3/c1-26-14-12-24-21(23-11-9-17-5-4-13-28-17)22-10-8-16-15-25-18-6-3-7-19(27-2)20(16)18/h3-7,13,15,25H,8-12,14H2,1-2H3,(H2,22,23,24). The molecular weight excluding hydrogens is 356 g/mol. The number of furan rings is 1. The number of fused-ring (bicyclic) bond motifs is 1. The number of hydrogen-bond acceptors (Lipinski definition) is 4. The van der Waals surface area contributed by atoms with Crippen molar-refractivity contribution in [2.45, 2.75) is 12.8 Å². The molecule has 0 bridgehead atoms. The SMILES string of the molecule is COCCN=C(NCCc1ccco1)NCCc1c[nH]c2cccc(OC)c12. The summed E-state index contributed by atoms with van der Waals surface area (Å²) in [5.74, 6) is 2.62. The second-order valence-electron chi connectivity index (χ2n) is 6.35. The highest BCUT2D eigenvalue weighted by atomic mass is 16.5. The Morgan fingerprint density at radius 3 is 2.71 bits per heavy atom. The number of guanidine groups is 1. The number of aromatic nitrogens is 1. The predicted octanol–water partition coefficient (Wildman–Crippen LogP) is 2.74. The topological polar surface area (TPSA) is 83.8 Å². The summed E-state index contributed by atoms with van der Waals surface area (Å²) in [7, 11) is 3.38. The monoisotopic (exact) mass is 384 g/mol. The van der Waals surface area contributed by atoms with Crippen LogP contribution in [-0.2, 0) is 17.6 Å². The Morgan fingerprint density at radius 2 is 1.96 bits per heavy atom. The van der Waals surface area contributed by atoms with Crippen LogP contribution in [0.5, 0.6) is 5.75 Å². The summed E-state index contributed by atoms with van der Waals surface area (Å²) >= 11 is 0. The Kier molecular flexibility index (Phi) is 7.37. The molecule has 2 heterocycles. The molecule has 0 amide bonds. The van der Waals surface area contributed by atoms with E-state index in [1.165, 1.54) is 5.56 Å². The maximum Gasteiger partial charge on any atom is 0.191 e. The Balaban J connectivity index is 1.56. The third-order valence-corrected chi connectivity index (χ3v) is 4.47. The molecule has 7 heteroatoms. The van der Waals surface area contributed by atoms with Crippen molar-refractivity contribution in [1.29, 1.82) is 0 Å². The molecule has 0 saturated carbocycles. The van der Waals surface area contributed by atoms with Crippen LogP contribution in [0.15, 0.2) is 52.2 Å². The fourth-order valence-corrected chi connectivity index (χ4v) is 3.08. The maximum absolute atomic E-state index is 5.51. The first-order valence-corrected chi connectivity index (χ1v) is 9.48. The molecule has 0 radical (unpaired) electrons. The number of aliphatic imine (C=N–C) groups is 1. The van der Waals surface area contributed by atoms with Gasteiger partial charge in [-0.2, -0.15) is 0 Å². The minimum Gasteiger partial charge on any atom is -0.496 e. The van der Waals surface area contributed by atoms with Gasteiger partial charge in [0.1, 0.15) is 11.5 Å². The Hall–Kier alpha value is -2.93. The highest BCUT2D eigenvalue weighted by Crippen LogP contribution is 2.28. The van der Waals surface area contributed by atoms with E-state index < -0.39 is 0 Å². The first kappa shape index (κ1) is 19.8. The molecule has 0 spiro atoms. The molecule has 150 valence electrons. The van der Waals surface area contributed by atoms with Crippen molar-refractivity contribution in [1.82, 2.24) is 15.6 Å². The van der Waals surface area contributed by atoms with Crippen LogP contribution in [0.2, 0.25) is 0 Å². The number of H-pyrrole nitrogens is 1. The number of nitrogens with one attached hydrogen (secondary N) is 3. The van der Waals surface area contributed by atoms with E-state index in [-0.39, 0.29) is 0 Å². The molecule has 28 heavy (non-hydrogen) atoms. The van der Waals surface area contributed by atoms with Gasteiger partial charge >= 0.3 is 0 Å². The van der Waals surface area contributed by atoms with E-state index >= 15 is 0 Å². The molecule has 0 aliphatic carbocycles. The molecule has 0 atom stereocenters. The normalized spacial score (nSPS) is 11.7. The second kappa shape index (κ2) is 10.4. The lowest BCUT2D eigenvalue weighted by atomic mass is 10.1. The molecule has 3 N–H and O–H groups in total. The van der Waals surface area contributed by atoms with E-state index in [9.17, 15) is 0 Å². The summed E-state index contributed by atoms with van der Waals surface area (Å²) < 4.78 is 16.0. The van der Waals surface area contributed by atoms with Crippen molar-refractivity contribution in [3.05, 3.63) is 54.1 Å². The van der Waals surface area contributed by atoms with Gasteiger partial charge in [-0.1, -0.05) is 6.07 Å². The molecule has 0 aliphatic heterocycles. The number of methoxy groups -OCH3 is 2. The number of ether oxygens (including phenoxy) is 2. The van der Waals surface area contributed by atoms with Crippen molar-refractivity contribution >= 4 is 16.9 Å². The van der Waals surface area contributed by atoms with E-state index in [1.807, 2.05) is 30.5 Å². The van der Waals surface area contributed by atoms with Crippen LogP contribution < -0.4 is 15.4 Å². The van der Waals surface area contributed by atoms with Crippen molar-refractivity contribution in [3.8, 4) is 5.75 Å². The third-order valence-electron chi connectivity index (χ3n) is 4.47. The lowest BCUT2D eigenvalue weighted by Crippen LogP contribution is -2.39. The largest absolute Gasteiger partial charge is 0.496 e. The van der Waals surface area contributed by atoms with Crippen LogP contribution in [0, 0.1) is 0 Å². The van der Waals surface area contributed by atoms with Crippen LogP contribution in [0.1, 0.15) is 11.3 Å². The molecule has 0 aliphatic rings. The van der Waals surface area contributed by atoms with E-state index in [0.717, 1.165) is 54.3 Å². The summed E-state index contributed by atoms with van der Waals surface area (Å²) in [6.45, 7) is 2.69. The van der Waals surface area contributed by atoms with Crippen molar-refractivity contribution in [2.75, 3.05) is 40.5 Å². The Labute approximate surface area is 165 Å². The number of benzene rings is 1. The quantitative estimate of drug-likeness (QED) is 0.284. The third kappa shape index (κ3) is 5.29. The first-order chi connectivity index (χ1) is 13.8. The van der Waals surface area contributed by atoms with Gasteiger partial charge in [0.15, 0.2) is 5.96 Å². The molecule has 0 fully saturated rings. The Bertz CT molecular complexity index is 871. The zero-order chi connectivity index (χ0) is 19.6. The molecule has 0 saturated heterocycles. The van der Waals surface area contributed by atoms with E-state index in [0.29, 0.717) is 13.2 Å². The van der Waals surface area contributed by atoms with Crippen LogP contribution in [0.25, 0.3) is 10.9 Å². The van der Waals surface area contributed by atoms with Gasteiger partial charge in [0.25, 0.3) is 0 Å². The average Bonchev–Trinajstić information content (AvgIpc) is 3.38. The molecule has 3 aromatic rings. The van der Waals surface area contributed by atoms with Gasteiger partial charge in [-0.3, -0.25) is 4.99 Å². The fourth-order valence-electron chi connectivity index (χ4n) is 3.08. The maximum atomic E-state index is 5.51. The molecule has 0 unspecified atom stereocenters. The van der Waals surface area contributed by atoms with Gasteiger partial charge in [-0.15, -0.1) is 0 Å². The molecule has 3 rings (SSSR count). The highest BCUT2D eigenvalue weighted by Gasteiger charge is 2.09. The smallest absolute Gasteiger partial charge is 0.191 e. The lowest BCUT2D eigenvalue weighted by molar-refractivity contribution is 0.208. The van der Waals surface area contributed by atoms with Gasteiger partial charge in [0.05, 0.1) is 26.5 Å². The zero-order valence-corrected chi connectivity index (χ0v) is 16.5. The number of aromatic amines is 1. The van der Waals surface area contributed by atoms with Gasteiger partial charge in [0, 0.05) is 43.7 Å². The predicted molar refractivity (Wildman–Crippen MR) is 111 cm³/mol. The van der Waals surface area contributed by atoms with E-state index in [4.69, 9.17) is 13.9 Å². The molecule has 2 aromatic heterocycles. The Morgan fingerprint density at radius 1 is 1.11 bits per heavy atom. The molecular formula is C21H28N4O3. The van der Waals surface area contributed by atoms with Crippen molar-refractivity contribution in [2.24, 2.45) is 4.99 Å². The van der Waals surface area contributed by atoms with Crippen LogP contribution in [0.4, 0.5) is 0 Å². The lowest BCUT2D eigenvalue weighted by Gasteiger charge is -2.12. The summed E-state index contributed by atoms with van der Waals surface area (Å²) in [5, 5.41) is 7.88. The van der Waals surface area contributed by atoms with Crippen molar-refractivity contribution in [3.63, 3.8) is 0 Å². The molecule has 1 aromatic carbocycles. The van der Waals surface area contributed by atoms with Crippen LogP contribution in [0.3, 0.4) is 0 Å². The van der Waals surface area contributed by atoms with Crippen molar-refractivity contribution < 1.29 is 13.9 Å². The summed E-state index contributed by atoms with van der Waals surface area (Å²) in [6, 6.07) is 9.91.